The maximum Gasteiger partial charge on any atom is 0.310 e. The number of anilines is 2. The van der Waals surface area contributed by atoms with E-state index < -0.39 is 20.5 Å². The zero-order valence-electron chi connectivity index (χ0n) is 33.0. The predicted octanol–water partition coefficient (Wildman–Crippen LogP) is -5.40. The number of hydrogen-bond donors (Lipinski definition) is 0. The van der Waals surface area contributed by atoms with Gasteiger partial charge in [-0.3, -0.25) is 9.59 Å². The monoisotopic (exact) mass is 913 g/mol. The predicted molar refractivity (Wildman–Crippen MR) is 190 cm³/mol. The van der Waals surface area contributed by atoms with Crippen molar-refractivity contribution in [1.82, 2.24) is 0 Å². The van der Waals surface area contributed by atoms with Crippen molar-refractivity contribution in [2.75, 3.05) is 78.0 Å². The van der Waals surface area contributed by atoms with Crippen LogP contribution in [-0.2, 0) is 63.9 Å². The first kappa shape index (κ1) is 49.6. The molecule has 0 radical (unpaired) electrons. The van der Waals surface area contributed by atoms with E-state index in [2.05, 4.69) is 63.1 Å². The molecule has 0 fully saturated rings. The molecule has 0 aliphatic carbocycles. The molecule has 22 heteroatoms. The number of hydrogen-bond acceptors (Lipinski definition) is 18. The lowest BCUT2D eigenvalue weighted by Gasteiger charge is -2.30. The van der Waals surface area contributed by atoms with Crippen molar-refractivity contribution >= 4 is 35.1 Å². The molecule has 11 heterocycles. The van der Waals surface area contributed by atoms with Crippen molar-refractivity contribution in [2.45, 2.75) is 35.7 Å². The summed E-state index contributed by atoms with van der Waals surface area (Å²) in [5.74, 6) is -0.596. The molecule has 0 saturated heterocycles. The molecule has 9 aliphatic heterocycles. The van der Waals surface area contributed by atoms with E-state index >= 15 is 0 Å². The Balaban J connectivity index is 0.000000735. The molecular weight excluding hydrogens is 869 g/mol. The standard InChI is InChI=1S/C39H45N3O8S.2ClHO4/c1-40-34-4-2-31-27-37(34)51-36-5-3-30(26-35(36)40)28-38(43)49-24-22-47-20-18-45-16-14-41-10-6-32(7-11-41)33-8-12-42(13-9-33)15-17-46-19-21-48-23-25-50-39(44)29-31;2*2-1(3,4)5/h2-13,26-27H,14-25,28-29H2,1H3;2*(H,2,3,4,5)/q+2;;/p-2. The Bertz CT molecular complexity index is 1940. The number of pyridine rings is 2. The van der Waals surface area contributed by atoms with Crippen molar-refractivity contribution in [3.05, 3.63) is 96.6 Å². The van der Waals surface area contributed by atoms with Crippen LogP contribution in [0.15, 0.2) is 95.2 Å². The smallest absolute Gasteiger partial charge is 0.310 e. The molecule has 4 aromatic rings. The van der Waals surface area contributed by atoms with Crippen LogP contribution in [0.2, 0.25) is 0 Å². The fourth-order valence-corrected chi connectivity index (χ4v) is 6.94. The Morgan fingerprint density at radius 2 is 0.902 bits per heavy atom. The zero-order chi connectivity index (χ0) is 44.3. The third-order valence-corrected chi connectivity index (χ3v) is 9.63. The average Bonchev–Trinajstić information content (AvgIpc) is 3.19. The van der Waals surface area contributed by atoms with Crippen LogP contribution in [0.25, 0.3) is 11.1 Å². The summed E-state index contributed by atoms with van der Waals surface area (Å²) >= 11 is 1.64. The van der Waals surface area contributed by atoms with Gasteiger partial charge in [0, 0.05) is 41.1 Å². The van der Waals surface area contributed by atoms with Crippen molar-refractivity contribution in [1.29, 1.82) is 0 Å². The van der Waals surface area contributed by atoms with Gasteiger partial charge in [-0.2, -0.15) is 0 Å². The lowest BCUT2D eigenvalue weighted by Crippen LogP contribution is -2.68. The first-order chi connectivity index (χ1) is 29.0. The minimum absolute atomic E-state index is 0.172. The molecule has 0 unspecified atom stereocenters. The van der Waals surface area contributed by atoms with E-state index in [1.54, 1.807) is 11.8 Å². The van der Waals surface area contributed by atoms with Crippen molar-refractivity contribution in [2.24, 2.45) is 0 Å². The molecule has 0 atom stereocenters. The molecule has 13 rings (SSSR count). The highest BCUT2D eigenvalue weighted by Gasteiger charge is 2.22. The van der Waals surface area contributed by atoms with E-state index in [0.29, 0.717) is 52.9 Å². The van der Waals surface area contributed by atoms with Gasteiger partial charge < -0.3 is 33.3 Å². The second-order valence-corrected chi connectivity index (χ2v) is 15.5. The summed E-state index contributed by atoms with van der Waals surface area (Å²) in [6, 6.07) is 20.4. The molecule has 0 saturated carbocycles. The van der Waals surface area contributed by atoms with Crippen molar-refractivity contribution in [3.8, 4) is 11.1 Å². The Hall–Kier alpha value is -4.07. The van der Waals surface area contributed by atoms with Crippen LogP contribution < -0.4 is 51.3 Å². The number of halogens is 2. The number of carbonyl (C=O) groups excluding carboxylic acids is 2. The molecule has 19 nitrogen and oxygen atoms in total. The van der Waals surface area contributed by atoms with E-state index in [1.165, 1.54) is 0 Å². The highest BCUT2D eigenvalue weighted by atomic mass is 35.7. The van der Waals surface area contributed by atoms with Gasteiger partial charge in [-0.25, -0.2) is 46.4 Å². The van der Waals surface area contributed by atoms with Gasteiger partial charge in [0.1, 0.15) is 26.4 Å². The summed E-state index contributed by atoms with van der Waals surface area (Å²) in [6.07, 6.45) is 8.56. The number of carbonyl (C=O) groups is 2. The lowest BCUT2D eigenvalue weighted by molar-refractivity contribution is -2.00. The van der Waals surface area contributed by atoms with E-state index in [9.17, 15) is 9.59 Å². The van der Waals surface area contributed by atoms with Crippen LogP contribution in [0.4, 0.5) is 11.4 Å². The molecule has 0 spiro atoms. The molecule has 332 valence electrons. The van der Waals surface area contributed by atoms with Gasteiger partial charge in [-0.15, -0.1) is 20.5 Å². The molecule has 0 amide bonds. The number of aromatic nitrogens is 2. The first-order valence-electron chi connectivity index (χ1n) is 18.5. The Labute approximate surface area is 360 Å². The topological polar surface area (TPSA) is 285 Å². The van der Waals surface area contributed by atoms with Crippen molar-refractivity contribution in [3.63, 3.8) is 0 Å². The molecule has 9 aliphatic rings. The van der Waals surface area contributed by atoms with Gasteiger partial charge in [0.2, 0.25) is 0 Å². The molecule has 0 N–H and O–H groups in total. The number of rotatable bonds is 0. The summed E-state index contributed by atoms with van der Waals surface area (Å²) in [5.41, 5.74) is 6.08. The highest BCUT2D eigenvalue weighted by Crippen LogP contribution is 2.48. The van der Waals surface area contributed by atoms with E-state index in [4.69, 9.17) is 65.7 Å². The zero-order valence-corrected chi connectivity index (χ0v) is 35.3. The number of esters is 2. The van der Waals surface area contributed by atoms with Gasteiger partial charge >= 0.3 is 11.9 Å². The molecular formula is C39H45Cl2N3O16S. The minimum atomic E-state index is -4.94. The first-order valence-corrected chi connectivity index (χ1v) is 21.8. The lowest BCUT2D eigenvalue weighted by atomic mass is 10.1. The van der Waals surface area contributed by atoms with Gasteiger partial charge in [0.25, 0.3) is 0 Å². The Kier molecular flexibility index (Phi) is 20.4. The third kappa shape index (κ3) is 20.1. The van der Waals surface area contributed by atoms with E-state index in [1.807, 2.05) is 43.4 Å². The second kappa shape index (κ2) is 25.1. The normalized spacial score (nSPS) is 16.6. The second-order valence-electron chi connectivity index (χ2n) is 12.9. The summed E-state index contributed by atoms with van der Waals surface area (Å²) in [7, 11) is -7.89. The van der Waals surface area contributed by atoms with Gasteiger partial charge in [-0.1, -0.05) is 23.9 Å². The molecule has 2 aromatic carbocycles. The summed E-state index contributed by atoms with van der Waals surface area (Å²) in [5, 5.41) is 0. The summed E-state index contributed by atoms with van der Waals surface area (Å²) in [4.78, 5) is 29.3. The molecule has 61 heavy (non-hydrogen) atoms. The van der Waals surface area contributed by atoms with Crippen LogP contribution >= 0.6 is 11.8 Å². The summed E-state index contributed by atoms with van der Waals surface area (Å²) < 4.78 is 106. The minimum Gasteiger partial charge on any atom is -0.463 e. The molecule has 10 bridgehead atoms. The van der Waals surface area contributed by atoms with Gasteiger partial charge in [0.05, 0.1) is 63.9 Å². The van der Waals surface area contributed by atoms with Crippen LogP contribution in [0.1, 0.15) is 11.1 Å². The van der Waals surface area contributed by atoms with E-state index in [0.717, 1.165) is 56.5 Å². The van der Waals surface area contributed by atoms with Crippen LogP contribution in [0, 0.1) is 20.5 Å². The maximum atomic E-state index is 12.6. The van der Waals surface area contributed by atoms with Crippen LogP contribution in [-0.4, -0.2) is 85.1 Å². The van der Waals surface area contributed by atoms with Crippen LogP contribution in [0.5, 0.6) is 0 Å². The van der Waals surface area contributed by atoms with Gasteiger partial charge in [0.15, 0.2) is 37.9 Å². The van der Waals surface area contributed by atoms with Gasteiger partial charge in [-0.05, 0) is 46.5 Å². The fourth-order valence-electron chi connectivity index (χ4n) is 5.74. The number of ether oxygens (including phenoxy) is 6. The largest absolute Gasteiger partial charge is 0.463 e. The van der Waals surface area contributed by atoms with Crippen LogP contribution in [0.3, 0.4) is 0 Å². The third-order valence-electron chi connectivity index (χ3n) is 8.52. The highest BCUT2D eigenvalue weighted by molar-refractivity contribution is 7.99. The Morgan fingerprint density at radius 3 is 1.36 bits per heavy atom. The number of nitrogens with zero attached hydrogens (tertiary/aromatic N) is 3. The Morgan fingerprint density at radius 1 is 0.508 bits per heavy atom. The quantitative estimate of drug-likeness (QED) is 0.118. The summed E-state index contributed by atoms with van der Waals surface area (Å²) in [6.45, 7) is 5.39. The average molecular weight is 915 g/mol. The van der Waals surface area contributed by atoms with Crippen molar-refractivity contribution < 1.29 is 105 Å². The number of benzene rings is 2. The van der Waals surface area contributed by atoms with E-state index in [-0.39, 0.29) is 38.0 Å². The fraction of sp³-hybridized carbons (Fsp3) is 0.385. The molecule has 2 aromatic heterocycles. The maximum absolute atomic E-state index is 12.6. The SMILES string of the molecule is CN1c2ccc3cc2Sc2ccc(cc21)CC(=O)OCCOCCOCC[n+]1ccc(cc1)-c1cc[n+](cc1)CCOCCOCCOC(=O)C3.[O-][Cl+3]([O-])([O-])[O-].[O-][Cl+3]([O-])([O-])[O-].